The van der Waals surface area contributed by atoms with Crippen LogP contribution in [-0.2, 0) is 0 Å². The van der Waals surface area contributed by atoms with Crippen molar-refractivity contribution < 1.29 is 19.7 Å². The van der Waals surface area contributed by atoms with Crippen LogP contribution in [0.1, 0.15) is 23.2 Å². The number of carbonyl (C=O) groups is 1. The molecule has 0 radical (unpaired) electrons. The van der Waals surface area contributed by atoms with Crippen LogP contribution in [-0.4, -0.2) is 42.0 Å². The standard InChI is InChI=1S/C14H19NO4/c1-19-12-4-2-3-9(6-12)14(18)15-11-5-10(8-16)13(17)7-11/h2-4,6,10-11,13,16-17H,5,7-8H2,1H3,(H,15,18). The molecule has 3 unspecified atom stereocenters. The number of aliphatic hydroxyl groups is 2. The van der Waals surface area contributed by atoms with E-state index in [9.17, 15) is 9.90 Å². The average Bonchev–Trinajstić information content (AvgIpc) is 2.78. The van der Waals surface area contributed by atoms with Crippen LogP contribution >= 0.6 is 0 Å². The van der Waals surface area contributed by atoms with Gasteiger partial charge in [0, 0.05) is 24.1 Å². The van der Waals surface area contributed by atoms with E-state index in [1.807, 2.05) is 0 Å². The van der Waals surface area contributed by atoms with E-state index in [2.05, 4.69) is 5.32 Å². The highest BCUT2D eigenvalue weighted by molar-refractivity contribution is 5.94. The second-order valence-electron chi connectivity index (χ2n) is 4.88. The molecule has 0 heterocycles. The Labute approximate surface area is 112 Å². The van der Waals surface area contributed by atoms with E-state index in [1.54, 1.807) is 31.4 Å². The molecule has 1 aromatic rings. The molecule has 5 nitrogen and oxygen atoms in total. The van der Waals surface area contributed by atoms with Crippen molar-refractivity contribution >= 4 is 5.91 Å². The van der Waals surface area contributed by atoms with Crippen LogP contribution < -0.4 is 10.1 Å². The first-order valence-electron chi connectivity index (χ1n) is 6.38. The maximum absolute atomic E-state index is 12.1. The van der Waals surface area contributed by atoms with E-state index < -0.39 is 6.10 Å². The molecule has 1 saturated carbocycles. The molecule has 0 aromatic heterocycles. The number of aliphatic hydroxyl groups excluding tert-OH is 2. The Kier molecular flexibility index (Phi) is 4.39. The van der Waals surface area contributed by atoms with Crippen molar-refractivity contribution in [1.82, 2.24) is 5.32 Å². The topological polar surface area (TPSA) is 78.8 Å². The molecule has 2 rings (SSSR count). The summed E-state index contributed by atoms with van der Waals surface area (Å²) >= 11 is 0. The van der Waals surface area contributed by atoms with Crippen molar-refractivity contribution in [2.75, 3.05) is 13.7 Å². The number of hydrogen-bond acceptors (Lipinski definition) is 4. The number of ether oxygens (including phenoxy) is 1. The first-order chi connectivity index (χ1) is 9.13. The molecule has 5 heteroatoms. The fourth-order valence-corrected chi connectivity index (χ4v) is 2.45. The summed E-state index contributed by atoms with van der Waals surface area (Å²) in [7, 11) is 1.55. The molecule has 104 valence electrons. The van der Waals surface area contributed by atoms with Crippen molar-refractivity contribution in [2.24, 2.45) is 5.92 Å². The lowest BCUT2D eigenvalue weighted by molar-refractivity contribution is 0.0903. The maximum atomic E-state index is 12.1. The minimum Gasteiger partial charge on any atom is -0.497 e. The Bertz CT molecular complexity index is 449. The van der Waals surface area contributed by atoms with Gasteiger partial charge in [0.05, 0.1) is 13.2 Å². The summed E-state index contributed by atoms with van der Waals surface area (Å²) in [4.78, 5) is 12.1. The van der Waals surface area contributed by atoms with Gasteiger partial charge in [0.15, 0.2) is 0 Å². The summed E-state index contributed by atoms with van der Waals surface area (Å²) in [5.74, 6) is 0.303. The van der Waals surface area contributed by atoms with Gasteiger partial charge in [0.25, 0.3) is 5.91 Å². The molecular formula is C14H19NO4. The molecular weight excluding hydrogens is 246 g/mol. The molecule has 1 aromatic carbocycles. The van der Waals surface area contributed by atoms with Crippen molar-refractivity contribution in [3.8, 4) is 5.75 Å². The highest BCUT2D eigenvalue weighted by Crippen LogP contribution is 2.26. The van der Waals surface area contributed by atoms with E-state index in [0.717, 1.165) is 0 Å². The smallest absolute Gasteiger partial charge is 0.251 e. The summed E-state index contributed by atoms with van der Waals surface area (Å²) in [5, 5.41) is 21.7. The van der Waals surface area contributed by atoms with Crippen LogP contribution in [0.25, 0.3) is 0 Å². The molecule has 3 atom stereocenters. The maximum Gasteiger partial charge on any atom is 0.251 e. The average molecular weight is 265 g/mol. The molecule has 19 heavy (non-hydrogen) atoms. The molecule has 0 bridgehead atoms. The second-order valence-corrected chi connectivity index (χ2v) is 4.88. The highest BCUT2D eigenvalue weighted by Gasteiger charge is 2.33. The van der Waals surface area contributed by atoms with Gasteiger partial charge in [-0.2, -0.15) is 0 Å². The zero-order valence-electron chi connectivity index (χ0n) is 10.9. The Morgan fingerprint density at radius 3 is 2.89 bits per heavy atom. The molecule has 1 amide bonds. The molecule has 0 spiro atoms. The zero-order chi connectivity index (χ0) is 13.8. The number of rotatable bonds is 4. The predicted molar refractivity (Wildman–Crippen MR) is 70.1 cm³/mol. The Morgan fingerprint density at radius 1 is 1.47 bits per heavy atom. The minimum atomic E-state index is -0.541. The first-order valence-corrected chi connectivity index (χ1v) is 6.38. The third-order valence-electron chi connectivity index (χ3n) is 3.56. The van der Waals surface area contributed by atoms with E-state index in [4.69, 9.17) is 9.84 Å². The van der Waals surface area contributed by atoms with E-state index in [-0.39, 0.29) is 24.5 Å². The fourth-order valence-electron chi connectivity index (χ4n) is 2.45. The summed E-state index contributed by atoms with van der Waals surface area (Å²) < 4.78 is 5.07. The number of hydrogen-bond donors (Lipinski definition) is 3. The SMILES string of the molecule is COc1cccc(C(=O)NC2CC(O)C(CO)C2)c1. The number of methoxy groups -OCH3 is 1. The zero-order valence-corrected chi connectivity index (χ0v) is 10.9. The van der Waals surface area contributed by atoms with E-state index in [0.29, 0.717) is 24.2 Å². The van der Waals surface area contributed by atoms with Crippen LogP contribution in [0.5, 0.6) is 5.75 Å². The summed E-state index contributed by atoms with van der Waals surface area (Å²) in [5.41, 5.74) is 0.529. The van der Waals surface area contributed by atoms with Crippen LogP contribution in [0.2, 0.25) is 0 Å². The third-order valence-corrected chi connectivity index (χ3v) is 3.56. The normalized spacial score (nSPS) is 26.2. The van der Waals surface area contributed by atoms with E-state index >= 15 is 0 Å². The predicted octanol–water partition coefficient (Wildman–Crippen LogP) is 0.557. The minimum absolute atomic E-state index is 0.0489. The van der Waals surface area contributed by atoms with Crippen LogP contribution in [0.3, 0.4) is 0 Å². The lowest BCUT2D eigenvalue weighted by atomic mass is 10.1. The van der Waals surface area contributed by atoms with Gasteiger partial charge in [-0.05, 0) is 31.0 Å². The molecule has 3 N–H and O–H groups in total. The molecule has 1 aliphatic rings. The van der Waals surface area contributed by atoms with Crippen molar-refractivity contribution in [3.05, 3.63) is 29.8 Å². The van der Waals surface area contributed by atoms with Gasteiger partial charge in [-0.3, -0.25) is 4.79 Å². The Balaban J connectivity index is 1.98. The van der Waals surface area contributed by atoms with Crippen LogP contribution in [0, 0.1) is 5.92 Å². The molecule has 0 saturated heterocycles. The van der Waals surface area contributed by atoms with E-state index in [1.165, 1.54) is 0 Å². The first kappa shape index (κ1) is 13.8. The Morgan fingerprint density at radius 2 is 2.26 bits per heavy atom. The van der Waals surface area contributed by atoms with Crippen LogP contribution in [0.4, 0.5) is 0 Å². The number of carbonyl (C=O) groups excluding carboxylic acids is 1. The lowest BCUT2D eigenvalue weighted by Crippen LogP contribution is -2.33. The molecule has 1 fully saturated rings. The second kappa shape index (κ2) is 6.04. The molecule has 0 aliphatic heterocycles. The number of nitrogens with one attached hydrogen (secondary N) is 1. The third kappa shape index (κ3) is 3.24. The fraction of sp³-hybridized carbons (Fsp3) is 0.500. The summed E-state index contributed by atoms with van der Waals surface area (Å²) in [6.07, 6.45) is 0.550. The quantitative estimate of drug-likeness (QED) is 0.743. The van der Waals surface area contributed by atoms with Gasteiger partial charge < -0.3 is 20.3 Å². The number of amides is 1. The highest BCUT2D eigenvalue weighted by atomic mass is 16.5. The van der Waals surface area contributed by atoms with Gasteiger partial charge in [-0.25, -0.2) is 0 Å². The largest absolute Gasteiger partial charge is 0.497 e. The number of benzene rings is 1. The van der Waals surface area contributed by atoms with Gasteiger partial charge >= 0.3 is 0 Å². The van der Waals surface area contributed by atoms with Crippen molar-refractivity contribution in [2.45, 2.75) is 25.0 Å². The van der Waals surface area contributed by atoms with Crippen molar-refractivity contribution in [3.63, 3.8) is 0 Å². The molecule has 1 aliphatic carbocycles. The summed E-state index contributed by atoms with van der Waals surface area (Å²) in [6.45, 7) is -0.0489. The summed E-state index contributed by atoms with van der Waals surface area (Å²) in [6, 6.07) is 6.83. The van der Waals surface area contributed by atoms with Gasteiger partial charge in [0.2, 0.25) is 0 Å². The van der Waals surface area contributed by atoms with Crippen molar-refractivity contribution in [1.29, 1.82) is 0 Å². The lowest BCUT2D eigenvalue weighted by Gasteiger charge is -2.12. The van der Waals surface area contributed by atoms with Crippen LogP contribution in [0.15, 0.2) is 24.3 Å². The monoisotopic (exact) mass is 265 g/mol. The van der Waals surface area contributed by atoms with Gasteiger partial charge in [0.1, 0.15) is 5.75 Å². The Hall–Kier alpha value is -1.59. The van der Waals surface area contributed by atoms with Gasteiger partial charge in [-0.1, -0.05) is 6.07 Å². The van der Waals surface area contributed by atoms with Gasteiger partial charge in [-0.15, -0.1) is 0 Å².